The van der Waals surface area contributed by atoms with Crippen molar-refractivity contribution in [1.29, 1.82) is 0 Å². The molecular weight excluding hydrogens is 226 g/mol. The van der Waals surface area contributed by atoms with E-state index in [2.05, 4.69) is 0 Å². The molecule has 0 spiro atoms. The summed E-state index contributed by atoms with van der Waals surface area (Å²) in [5, 5.41) is 10.6. The van der Waals surface area contributed by atoms with Gasteiger partial charge in [-0.25, -0.2) is 0 Å². The Hall–Kier alpha value is -1.36. The van der Waals surface area contributed by atoms with Crippen LogP contribution in [0, 0.1) is 0 Å². The van der Waals surface area contributed by atoms with E-state index in [1.807, 2.05) is 17.5 Å². The SMILES string of the molecule is O=C(O)CC(=O)N1CCCC1c1cccs1. The lowest BCUT2D eigenvalue weighted by Gasteiger charge is -2.23. The van der Waals surface area contributed by atoms with Crippen LogP contribution in [-0.2, 0) is 9.59 Å². The molecule has 1 saturated heterocycles. The molecule has 0 aromatic carbocycles. The number of aliphatic carboxylic acids is 1. The number of hydrogen-bond acceptors (Lipinski definition) is 3. The minimum absolute atomic E-state index is 0.0897. The van der Waals surface area contributed by atoms with Crippen molar-refractivity contribution in [3.05, 3.63) is 22.4 Å². The fraction of sp³-hybridized carbons (Fsp3) is 0.455. The number of carboxylic acid groups (broad SMARTS) is 1. The third-order valence-electron chi connectivity index (χ3n) is 2.75. The highest BCUT2D eigenvalue weighted by Crippen LogP contribution is 2.34. The van der Waals surface area contributed by atoms with Gasteiger partial charge in [0.1, 0.15) is 6.42 Å². The molecule has 1 aliphatic heterocycles. The predicted molar refractivity (Wildman–Crippen MR) is 60.3 cm³/mol. The Morgan fingerprint density at radius 2 is 2.38 bits per heavy atom. The number of carboxylic acids is 1. The van der Waals surface area contributed by atoms with Crippen molar-refractivity contribution in [3.63, 3.8) is 0 Å². The van der Waals surface area contributed by atoms with Crippen molar-refractivity contribution >= 4 is 23.2 Å². The zero-order chi connectivity index (χ0) is 11.5. The van der Waals surface area contributed by atoms with Gasteiger partial charge in [-0.1, -0.05) is 6.07 Å². The summed E-state index contributed by atoms with van der Waals surface area (Å²) in [6, 6.07) is 4.05. The highest BCUT2D eigenvalue weighted by atomic mass is 32.1. The molecule has 0 saturated carbocycles. The summed E-state index contributed by atoms with van der Waals surface area (Å²) < 4.78 is 0. The minimum Gasteiger partial charge on any atom is -0.481 e. The van der Waals surface area contributed by atoms with Gasteiger partial charge in [0.2, 0.25) is 5.91 Å². The molecule has 1 aromatic heterocycles. The number of rotatable bonds is 3. The summed E-state index contributed by atoms with van der Waals surface area (Å²) in [6.07, 6.45) is 1.49. The number of nitrogens with zero attached hydrogens (tertiary/aromatic N) is 1. The number of carbonyl (C=O) groups excluding carboxylic acids is 1. The van der Waals surface area contributed by atoms with Crippen molar-refractivity contribution in [2.24, 2.45) is 0 Å². The van der Waals surface area contributed by atoms with Crippen molar-refractivity contribution < 1.29 is 14.7 Å². The molecule has 1 aliphatic rings. The average molecular weight is 239 g/mol. The van der Waals surface area contributed by atoms with Gasteiger partial charge in [-0.2, -0.15) is 0 Å². The number of carbonyl (C=O) groups is 2. The Kier molecular flexibility index (Phi) is 3.24. The average Bonchev–Trinajstić information content (AvgIpc) is 2.87. The number of thiophene rings is 1. The number of hydrogen-bond donors (Lipinski definition) is 1. The molecule has 2 rings (SSSR count). The van der Waals surface area contributed by atoms with Gasteiger partial charge in [0.05, 0.1) is 6.04 Å². The lowest BCUT2D eigenvalue weighted by Crippen LogP contribution is -2.31. The molecule has 1 fully saturated rings. The standard InChI is InChI=1S/C11H13NO3S/c13-10(7-11(14)15)12-5-1-3-8(12)9-4-2-6-16-9/h2,4,6,8H,1,3,5,7H2,(H,14,15). The quantitative estimate of drug-likeness (QED) is 0.819. The van der Waals surface area contributed by atoms with E-state index in [1.165, 1.54) is 0 Å². The zero-order valence-electron chi connectivity index (χ0n) is 8.76. The smallest absolute Gasteiger partial charge is 0.312 e. The monoisotopic (exact) mass is 239 g/mol. The van der Waals surface area contributed by atoms with E-state index in [1.54, 1.807) is 16.2 Å². The van der Waals surface area contributed by atoms with Crippen LogP contribution < -0.4 is 0 Å². The van der Waals surface area contributed by atoms with Crippen LogP contribution in [0.1, 0.15) is 30.2 Å². The largest absolute Gasteiger partial charge is 0.481 e. The molecule has 1 N–H and O–H groups in total. The Bertz CT molecular complexity index is 388. The Morgan fingerprint density at radius 1 is 1.56 bits per heavy atom. The van der Waals surface area contributed by atoms with Gasteiger partial charge in [-0.05, 0) is 24.3 Å². The fourth-order valence-electron chi connectivity index (χ4n) is 2.07. The molecule has 5 heteroatoms. The molecule has 86 valence electrons. The first kappa shape index (κ1) is 11.1. The summed E-state index contributed by atoms with van der Waals surface area (Å²) in [4.78, 5) is 25.1. The molecule has 1 unspecified atom stereocenters. The van der Waals surface area contributed by atoms with Crippen molar-refractivity contribution in [1.82, 2.24) is 4.90 Å². The van der Waals surface area contributed by atoms with Crippen LogP contribution in [-0.4, -0.2) is 28.4 Å². The Labute approximate surface area is 97.5 Å². The Morgan fingerprint density at radius 3 is 3.00 bits per heavy atom. The van der Waals surface area contributed by atoms with E-state index < -0.39 is 12.4 Å². The first-order valence-corrected chi connectivity index (χ1v) is 6.11. The lowest BCUT2D eigenvalue weighted by atomic mass is 10.2. The fourth-order valence-corrected chi connectivity index (χ4v) is 2.95. The summed E-state index contributed by atoms with van der Waals surface area (Å²) in [6.45, 7) is 0.675. The van der Waals surface area contributed by atoms with Crippen LogP contribution in [0.15, 0.2) is 17.5 Å². The molecule has 0 aliphatic carbocycles. The van der Waals surface area contributed by atoms with Gasteiger partial charge >= 0.3 is 5.97 Å². The topological polar surface area (TPSA) is 57.6 Å². The van der Waals surface area contributed by atoms with Crippen LogP contribution >= 0.6 is 11.3 Å². The molecule has 0 bridgehead atoms. The normalized spacial score (nSPS) is 20.0. The van der Waals surface area contributed by atoms with Gasteiger partial charge in [-0.15, -0.1) is 11.3 Å². The second-order valence-corrected chi connectivity index (χ2v) is 4.81. The predicted octanol–water partition coefficient (Wildman–Crippen LogP) is 1.89. The maximum atomic E-state index is 11.7. The van der Waals surface area contributed by atoms with E-state index in [4.69, 9.17) is 5.11 Å². The first-order chi connectivity index (χ1) is 7.68. The third kappa shape index (κ3) is 2.24. The Balaban J connectivity index is 2.09. The van der Waals surface area contributed by atoms with Gasteiger partial charge in [-0.3, -0.25) is 9.59 Å². The van der Waals surface area contributed by atoms with E-state index in [9.17, 15) is 9.59 Å². The van der Waals surface area contributed by atoms with Crippen LogP contribution in [0.3, 0.4) is 0 Å². The third-order valence-corrected chi connectivity index (χ3v) is 3.72. The van der Waals surface area contributed by atoms with Gasteiger partial charge in [0.15, 0.2) is 0 Å². The molecule has 0 radical (unpaired) electrons. The van der Waals surface area contributed by atoms with E-state index in [0.29, 0.717) is 6.54 Å². The van der Waals surface area contributed by atoms with Crippen molar-refractivity contribution in [2.75, 3.05) is 6.54 Å². The van der Waals surface area contributed by atoms with E-state index in [0.717, 1.165) is 17.7 Å². The van der Waals surface area contributed by atoms with E-state index >= 15 is 0 Å². The summed E-state index contributed by atoms with van der Waals surface area (Å²) in [7, 11) is 0. The van der Waals surface area contributed by atoms with Gasteiger partial charge in [0.25, 0.3) is 0 Å². The van der Waals surface area contributed by atoms with Gasteiger partial charge in [0, 0.05) is 11.4 Å². The number of amides is 1. The minimum atomic E-state index is -1.05. The van der Waals surface area contributed by atoms with Crippen molar-refractivity contribution in [2.45, 2.75) is 25.3 Å². The zero-order valence-corrected chi connectivity index (χ0v) is 9.57. The van der Waals surface area contributed by atoms with Crippen LogP contribution in [0.2, 0.25) is 0 Å². The summed E-state index contributed by atoms with van der Waals surface area (Å²) in [5.74, 6) is -1.33. The van der Waals surface area contributed by atoms with Gasteiger partial charge < -0.3 is 10.0 Å². The van der Waals surface area contributed by atoms with E-state index in [-0.39, 0.29) is 11.9 Å². The molecule has 1 aromatic rings. The second kappa shape index (κ2) is 4.65. The molecule has 4 nitrogen and oxygen atoms in total. The van der Waals surface area contributed by atoms with Crippen molar-refractivity contribution in [3.8, 4) is 0 Å². The summed E-state index contributed by atoms with van der Waals surface area (Å²) in [5.41, 5.74) is 0. The molecule has 1 amide bonds. The first-order valence-electron chi connectivity index (χ1n) is 5.23. The second-order valence-electron chi connectivity index (χ2n) is 3.83. The molecule has 1 atom stereocenters. The molecular formula is C11H13NO3S. The highest BCUT2D eigenvalue weighted by Gasteiger charge is 2.31. The molecule has 16 heavy (non-hydrogen) atoms. The van der Waals surface area contributed by atoms with Crippen LogP contribution in [0.5, 0.6) is 0 Å². The maximum absolute atomic E-state index is 11.7. The lowest BCUT2D eigenvalue weighted by molar-refractivity contribution is -0.144. The highest BCUT2D eigenvalue weighted by molar-refractivity contribution is 7.10. The molecule has 2 heterocycles. The number of likely N-dealkylation sites (tertiary alicyclic amines) is 1. The summed E-state index contributed by atoms with van der Waals surface area (Å²) >= 11 is 1.62. The maximum Gasteiger partial charge on any atom is 0.312 e. The van der Waals surface area contributed by atoms with Crippen LogP contribution in [0.25, 0.3) is 0 Å². The van der Waals surface area contributed by atoms with Crippen LogP contribution in [0.4, 0.5) is 0 Å².